The minimum Gasteiger partial charge on any atom is -0.478 e. The summed E-state index contributed by atoms with van der Waals surface area (Å²) in [6.45, 7) is 0.831. The molecule has 2 N–H and O–H groups in total. The normalized spacial score (nSPS) is 14.5. The number of H-pyrrole nitrogens is 1. The van der Waals surface area contributed by atoms with Gasteiger partial charge in [-0.15, -0.1) is 0 Å². The number of hydrogen-bond acceptors (Lipinski definition) is 4. The molecule has 0 saturated carbocycles. The molecule has 88 valence electrons. The number of ether oxygens (including phenoxy) is 1. The summed E-state index contributed by atoms with van der Waals surface area (Å²) >= 11 is 0. The molecule has 0 aromatic carbocycles. The smallest absolute Gasteiger partial charge is 0.337 e. The quantitative estimate of drug-likeness (QED) is 0.715. The molecule has 0 fully saturated rings. The predicted octanol–water partition coefficient (Wildman–Crippen LogP) is 0.0600. The van der Waals surface area contributed by atoms with Crippen LogP contribution in [0.2, 0.25) is 0 Å². The molecule has 1 aromatic rings. The van der Waals surface area contributed by atoms with Crippen molar-refractivity contribution in [1.82, 2.24) is 4.98 Å². The van der Waals surface area contributed by atoms with Crippen LogP contribution in [0.3, 0.4) is 0 Å². The van der Waals surface area contributed by atoms with E-state index in [4.69, 9.17) is 15.1 Å². The van der Waals surface area contributed by atoms with E-state index in [0.717, 1.165) is 0 Å². The molecule has 1 aliphatic heterocycles. The Labute approximate surface area is 96.5 Å². The first kappa shape index (κ1) is 11.4. The third kappa shape index (κ3) is 1.92. The lowest BCUT2D eigenvalue weighted by Gasteiger charge is -2.09. The first-order valence-electron chi connectivity index (χ1n) is 5.14. The van der Waals surface area contributed by atoms with Gasteiger partial charge in [0.05, 0.1) is 18.8 Å². The third-order valence-corrected chi connectivity index (χ3v) is 2.73. The Hall–Kier alpha value is -2.13. The maximum absolute atomic E-state index is 11.6. The molecule has 0 bridgehead atoms. The molecule has 1 aromatic heterocycles. The number of carbonyl (C=O) groups is 1. The number of carboxylic acids is 1. The second kappa shape index (κ2) is 4.39. The van der Waals surface area contributed by atoms with Gasteiger partial charge in [-0.2, -0.15) is 5.26 Å². The van der Waals surface area contributed by atoms with Crippen LogP contribution in [0.25, 0.3) is 0 Å². The summed E-state index contributed by atoms with van der Waals surface area (Å²) in [5.41, 5.74) is -0.101. The molecule has 2 heterocycles. The van der Waals surface area contributed by atoms with E-state index in [9.17, 15) is 9.59 Å². The van der Waals surface area contributed by atoms with Crippen molar-refractivity contribution in [2.45, 2.75) is 12.8 Å². The molecule has 1 aliphatic rings. The SMILES string of the molecule is N#Cc1c(C(=O)O)c2c([nH]c1=O)CCOCC2. The van der Waals surface area contributed by atoms with Crippen LogP contribution in [0.5, 0.6) is 0 Å². The standard InChI is InChI=1S/C11H10N2O4/c12-5-7-9(11(15)16)6-1-3-17-4-2-8(6)13-10(7)14/h1-4H2,(H,13,14)(H,15,16). The average Bonchev–Trinajstić information content (AvgIpc) is 2.51. The molecule has 6 heteroatoms. The number of fused-ring (bicyclic) bond motifs is 1. The number of pyridine rings is 1. The van der Waals surface area contributed by atoms with Crippen LogP contribution >= 0.6 is 0 Å². The zero-order chi connectivity index (χ0) is 12.4. The van der Waals surface area contributed by atoms with Gasteiger partial charge in [-0.1, -0.05) is 0 Å². The fourth-order valence-electron chi connectivity index (χ4n) is 1.97. The van der Waals surface area contributed by atoms with Crippen molar-refractivity contribution in [1.29, 1.82) is 5.26 Å². The van der Waals surface area contributed by atoms with Gasteiger partial charge in [0.2, 0.25) is 0 Å². The Bertz CT molecular complexity index is 568. The van der Waals surface area contributed by atoms with Crippen molar-refractivity contribution in [2.24, 2.45) is 0 Å². The lowest BCUT2D eigenvalue weighted by molar-refractivity contribution is 0.0694. The van der Waals surface area contributed by atoms with E-state index >= 15 is 0 Å². The van der Waals surface area contributed by atoms with Crippen LogP contribution in [-0.2, 0) is 17.6 Å². The molecule has 0 saturated heterocycles. The number of hydrogen-bond donors (Lipinski definition) is 2. The highest BCUT2D eigenvalue weighted by atomic mass is 16.5. The van der Waals surface area contributed by atoms with Crippen molar-refractivity contribution in [3.63, 3.8) is 0 Å². The topological polar surface area (TPSA) is 103 Å². The number of aromatic carboxylic acids is 1. The second-order valence-corrected chi connectivity index (χ2v) is 3.69. The van der Waals surface area contributed by atoms with Gasteiger partial charge in [-0.25, -0.2) is 4.79 Å². The molecular formula is C11H10N2O4. The van der Waals surface area contributed by atoms with Gasteiger partial charge in [0, 0.05) is 12.1 Å². The maximum Gasteiger partial charge on any atom is 0.337 e. The number of carboxylic acid groups (broad SMARTS) is 1. The second-order valence-electron chi connectivity index (χ2n) is 3.69. The molecule has 0 aliphatic carbocycles. The maximum atomic E-state index is 11.6. The highest BCUT2D eigenvalue weighted by Gasteiger charge is 2.23. The van der Waals surface area contributed by atoms with Crippen molar-refractivity contribution in [2.75, 3.05) is 13.2 Å². The molecule has 17 heavy (non-hydrogen) atoms. The summed E-state index contributed by atoms with van der Waals surface area (Å²) in [6, 6.07) is 1.65. The molecule has 2 rings (SSSR count). The molecule has 0 radical (unpaired) electrons. The Morgan fingerprint density at radius 2 is 2.12 bits per heavy atom. The molecule has 6 nitrogen and oxygen atoms in total. The lowest BCUT2D eigenvalue weighted by atomic mass is 9.98. The van der Waals surface area contributed by atoms with Crippen LogP contribution in [0.4, 0.5) is 0 Å². The monoisotopic (exact) mass is 234 g/mol. The molecule has 0 unspecified atom stereocenters. The Kier molecular flexibility index (Phi) is 2.93. The van der Waals surface area contributed by atoms with Crippen molar-refractivity contribution in [3.8, 4) is 6.07 Å². The molecule has 0 amide bonds. The van der Waals surface area contributed by atoms with E-state index in [-0.39, 0.29) is 11.1 Å². The Balaban J connectivity index is 2.76. The molecular weight excluding hydrogens is 224 g/mol. The summed E-state index contributed by atoms with van der Waals surface area (Å²) in [5.74, 6) is -1.24. The van der Waals surface area contributed by atoms with E-state index in [0.29, 0.717) is 37.3 Å². The number of aromatic nitrogens is 1. The zero-order valence-electron chi connectivity index (χ0n) is 8.95. The summed E-state index contributed by atoms with van der Waals surface area (Å²) in [7, 11) is 0. The minimum absolute atomic E-state index is 0.184. The molecule has 0 atom stereocenters. The lowest BCUT2D eigenvalue weighted by Crippen LogP contribution is -2.22. The van der Waals surface area contributed by atoms with E-state index < -0.39 is 11.5 Å². The van der Waals surface area contributed by atoms with Gasteiger partial charge in [-0.05, 0) is 12.0 Å². The van der Waals surface area contributed by atoms with Gasteiger partial charge < -0.3 is 14.8 Å². The average molecular weight is 234 g/mol. The van der Waals surface area contributed by atoms with E-state index in [2.05, 4.69) is 4.98 Å². The number of rotatable bonds is 1. The van der Waals surface area contributed by atoms with Crippen molar-refractivity contribution in [3.05, 3.63) is 32.7 Å². The van der Waals surface area contributed by atoms with E-state index in [1.54, 1.807) is 6.07 Å². The van der Waals surface area contributed by atoms with Gasteiger partial charge in [0.15, 0.2) is 0 Å². The van der Waals surface area contributed by atoms with Gasteiger partial charge >= 0.3 is 5.97 Å². The van der Waals surface area contributed by atoms with Gasteiger partial charge in [-0.3, -0.25) is 4.79 Å². The van der Waals surface area contributed by atoms with Crippen LogP contribution in [-0.4, -0.2) is 29.3 Å². The largest absolute Gasteiger partial charge is 0.478 e. The summed E-state index contributed by atoms with van der Waals surface area (Å²) in [6.07, 6.45) is 0.846. The fourth-order valence-corrected chi connectivity index (χ4v) is 1.97. The summed E-state index contributed by atoms with van der Waals surface area (Å²) < 4.78 is 5.23. The van der Waals surface area contributed by atoms with Crippen LogP contribution in [0, 0.1) is 11.3 Å². The third-order valence-electron chi connectivity index (χ3n) is 2.73. The Morgan fingerprint density at radius 3 is 2.76 bits per heavy atom. The van der Waals surface area contributed by atoms with Crippen LogP contribution in [0.1, 0.15) is 27.2 Å². The van der Waals surface area contributed by atoms with Crippen molar-refractivity contribution >= 4 is 5.97 Å². The van der Waals surface area contributed by atoms with Crippen molar-refractivity contribution < 1.29 is 14.6 Å². The van der Waals surface area contributed by atoms with E-state index in [1.165, 1.54) is 0 Å². The fraction of sp³-hybridized carbons (Fsp3) is 0.364. The number of nitrogens with one attached hydrogen (secondary N) is 1. The van der Waals surface area contributed by atoms with Crippen LogP contribution < -0.4 is 5.56 Å². The number of aromatic amines is 1. The first-order chi connectivity index (χ1) is 8.15. The van der Waals surface area contributed by atoms with Crippen LogP contribution in [0.15, 0.2) is 4.79 Å². The first-order valence-corrected chi connectivity index (χ1v) is 5.14. The zero-order valence-corrected chi connectivity index (χ0v) is 8.95. The number of nitrogens with zero attached hydrogens (tertiary/aromatic N) is 1. The minimum atomic E-state index is -1.24. The van der Waals surface area contributed by atoms with E-state index in [1.807, 2.05) is 0 Å². The summed E-state index contributed by atoms with van der Waals surface area (Å²) in [4.78, 5) is 25.3. The van der Waals surface area contributed by atoms with Gasteiger partial charge in [0.1, 0.15) is 11.6 Å². The van der Waals surface area contributed by atoms with Gasteiger partial charge in [0.25, 0.3) is 5.56 Å². The molecule has 0 spiro atoms. The number of nitriles is 1. The predicted molar refractivity (Wildman–Crippen MR) is 57.0 cm³/mol. The highest BCUT2D eigenvalue weighted by Crippen LogP contribution is 2.18. The highest BCUT2D eigenvalue weighted by molar-refractivity contribution is 5.92. The Morgan fingerprint density at radius 1 is 1.41 bits per heavy atom. The summed E-state index contributed by atoms with van der Waals surface area (Å²) in [5, 5.41) is 18.0.